The SMILES string of the molecule is Nc1cccc(-c2[nH]c3cccc4c3c2CCNC4=O)c1. The van der Waals surface area contributed by atoms with Crippen LogP contribution in [-0.2, 0) is 6.42 Å². The van der Waals surface area contributed by atoms with E-state index in [9.17, 15) is 4.79 Å². The number of nitrogen functional groups attached to an aromatic ring is 1. The maximum Gasteiger partial charge on any atom is 0.251 e. The second kappa shape index (κ2) is 4.38. The summed E-state index contributed by atoms with van der Waals surface area (Å²) in [5.41, 5.74) is 11.7. The predicted molar refractivity (Wildman–Crippen MR) is 84.2 cm³/mol. The molecule has 21 heavy (non-hydrogen) atoms. The van der Waals surface area contributed by atoms with E-state index < -0.39 is 0 Å². The van der Waals surface area contributed by atoms with Crippen LogP contribution in [0.25, 0.3) is 22.2 Å². The van der Waals surface area contributed by atoms with Crippen LogP contribution in [0, 0.1) is 0 Å². The van der Waals surface area contributed by atoms with Crippen molar-refractivity contribution in [3.05, 3.63) is 53.6 Å². The Balaban J connectivity index is 2.05. The van der Waals surface area contributed by atoms with Gasteiger partial charge in [0, 0.05) is 40.0 Å². The van der Waals surface area contributed by atoms with Gasteiger partial charge in [-0.05, 0) is 36.2 Å². The van der Waals surface area contributed by atoms with E-state index in [2.05, 4.69) is 10.3 Å². The number of nitrogens with two attached hydrogens (primary N) is 1. The third kappa shape index (κ3) is 1.80. The molecule has 4 rings (SSSR count). The van der Waals surface area contributed by atoms with Crippen molar-refractivity contribution in [3.8, 4) is 11.3 Å². The van der Waals surface area contributed by atoms with Crippen LogP contribution in [0.4, 0.5) is 5.69 Å². The number of hydrogen-bond donors (Lipinski definition) is 3. The zero-order valence-electron chi connectivity index (χ0n) is 11.4. The molecule has 0 bridgehead atoms. The quantitative estimate of drug-likeness (QED) is 0.598. The van der Waals surface area contributed by atoms with Crippen molar-refractivity contribution < 1.29 is 4.79 Å². The van der Waals surface area contributed by atoms with Gasteiger partial charge in [0.1, 0.15) is 0 Å². The fraction of sp³-hybridized carbons (Fsp3) is 0.118. The molecule has 4 nitrogen and oxygen atoms in total. The van der Waals surface area contributed by atoms with Crippen molar-refractivity contribution in [1.82, 2.24) is 10.3 Å². The average molecular weight is 277 g/mol. The van der Waals surface area contributed by atoms with E-state index in [4.69, 9.17) is 5.73 Å². The first-order valence-corrected chi connectivity index (χ1v) is 7.02. The van der Waals surface area contributed by atoms with Crippen molar-refractivity contribution in [2.24, 2.45) is 0 Å². The molecule has 0 aliphatic carbocycles. The maximum atomic E-state index is 12.1. The molecule has 2 aromatic carbocycles. The van der Waals surface area contributed by atoms with Gasteiger partial charge >= 0.3 is 0 Å². The average Bonchev–Trinajstić information content (AvgIpc) is 2.77. The van der Waals surface area contributed by atoms with Gasteiger partial charge in [0.05, 0.1) is 0 Å². The molecule has 0 saturated heterocycles. The van der Waals surface area contributed by atoms with Crippen LogP contribution >= 0.6 is 0 Å². The molecule has 2 heterocycles. The standard InChI is InChI=1S/C17H15N3O/c18-11-4-1-3-10(9-11)16-12-7-8-19-17(21)13-5-2-6-14(20-16)15(12)13/h1-6,9,20H,7-8,18H2,(H,19,21). The monoisotopic (exact) mass is 277 g/mol. The van der Waals surface area contributed by atoms with E-state index in [1.807, 2.05) is 42.5 Å². The fourth-order valence-corrected chi connectivity index (χ4v) is 3.09. The minimum Gasteiger partial charge on any atom is -0.399 e. The van der Waals surface area contributed by atoms with Gasteiger partial charge < -0.3 is 16.0 Å². The van der Waals surface area contributed by atoms with Crippen LogP contribution in [0.5, 0.6) is 0 Å². The lowest BCUT2D eigenvalue weighted by Gasteiger charge is -2.04. The van der Waals surface area contributed by atoms with Crippen LogP contribution in [0.1, 0.15) is 15.9 Å². The first-order chi connectivity index (χ1) is 10.2. The molecule has 1 aromatic heterocycles. The van der Waals surface area contributed by atoms with Crippen LogP contribution in [-0.4, -0.2) is 17.4 Å². The number of anilines is 1. The smallest absolute Gasteiger partial charge is 0.251 e. The largest absolute Gasteiger partial charge is 0.399 e. The molecule has 1 aliphatic rings. The number of hydrogen-bond acceptors (Lipinski definition) is 2. The molecule has 0 atom stereocenters. The van der Waals surface area contributed by atoms with Gasteiger partial charge in [0.15, 0.2) is 0 Å². The zero-order chi connectivity index (χ0) is 14.4. The number of benzene rings is 2. The summed E-state index contributed by atoms with van der Waals surface area (Å²) in [5, 5.41) is 3.98. The molecule has 0 spiro atoms. The number of amides is 1. The number of carbonyl (C=O) groups excluding carboxylic acids is 1. The van der Waals surface area contributed by atoms with Gasteiger partial charge in [-0.25, -0.2) is 0 Å². The Morgan fingerprint density at radius 3 is 2.81 bits per heavy atom. The number of aromatic amines is 1. The topological polar surface area (TPSA) is 70.9 Å². The molecule has 0 radical (unpaired) electrons. The molecule has 0 saturated carbocycles. The van der Waals surface area contributed by atoms with Gasteiger partial charge in [-0.2, -0.15) is 0 Å². The first kappa shape index (κ1) is 12.0. The highest BCUT2D eigenvalue weighted by molar-refractivity contribution is 6.10. The molecule has 1 aliphatic heterocycles. The summed E-state index contributed by atoms with van der Waals surface area (Å²) in [5.74, 6) is -0.00234. The Hall–Kier alpha value is -2.75. The third-order valence-corrected chi connectivity index (χ3v) is 4.01. The predicted octanol–water partition coefficient (Wildman–Crippen LogP) is 2.70. The highest BCUT2D eigenvalue weighted by Crippen LogP contribution is 2.34. The van der Waals surface area contributed by atoms with E-state index in [0.29, 0.717) is 6.54 Å². The molecule has 4 N–H and O–H groups in total. The lowest BCUT2D eigenvalue weighted by Crippen LogP contribution is -2.23. The van der Waals surface area contributed by atoms with Gasteiger partial charge in [0.25, 0.3) is 5.91 Å². The van der Waals surface area contributed by atoms with Crippen LogP contribution < -0.4 is 11.1 Å². The Labute approximate surface area is 122 Å². The molecular formula is C17H15N3O. The fourth-order valence-electron chi connectivity index (χ4n) is 3.09. The second-order valence-electron chi connectivity index (χ2n) is 5.34. The summed E-state index contributed by atoms with van der Waals surface area (Å²) >= 11 is 0. The van der Waals surface area contributed by atoms with E-state index >= 15 is 0 Å². The summed E-state index contributed by atoms with van der Waals surface area (Å²) in [6.45, 7) is 0.649. The van der Waals surface area contributed by atoms with E-state index in [-0.39, 0.29) is 5.91 Å². The Bertz CT molecular complexity index is 864. The van der Waals surface area contributed by atoms with Crippen molar-refractivity contribution in [2.45, 2.75) is 6.42 Å². The van der Waals surface area contributed by atoms with Crippen LogP contribution in [0.3, 0.4) is 0 Å². The Kier molecular flexibility index (Phi) is 2.51. The number of aromatic nitrogens is 1. The second-order valence-corrected chi connectivity index (χ2v) is 5.34. The highest BCUT2D eigenvalue weighted by atomic mass is 16.1. The minimum atomic E-state index is -0.00234. The number of rotatable bonds is 1. The lowest BCUT2D eigenvalue weighted by atomic mass is 10.0. The molecule has 104 valence electrons. The number of H-pyrrole nitrogens is 1. The summed E-state index contributed by atoms with van der Waals surface area (Å²) < 4.78 is 0. The van der Waals surface area contributed by atoms with Crippen molar-refractivity contribution in [1.29, 1.82) is 0 Å². The van der Waals surface area contributed by atoms with Crippen LogP contribution in [0.15, 0.2) is 42.5 Å². The molecule has 0 unspecified atom stereocenters. The minimum absolute atomic E-state index is 0.00234. The van der Waals surface area contributed by atoms with Gasteiger partial charge in [-0.1, -0.05) is 18.2 Å². The third-order valence-electron chi connectivity index (χ3n) is 4.01. The molecule has 0 fully saturated rings. The van der Waals surface area contributed by atoms with Gasteiger partial charge in [-0.15, -0.1) is 0 Å². The number of carbonyl (C=O) groups is 1. The molecular weight excluding hydrogens is 262 g/mol. The summed E-state index contributed by atoms with van der Waals surface area (Å²) in [6.07, 6.45) is 0.812. The van der Waals surface area contributed by atoms with Gasteiger partial charge in [0.2, 0.25) is 0 Å². The van der Waals surface area contributed by atoms with Gasteiger partial charge in [-0.3, -0.25) is 4.79 Å². The summed E-state index contributed by atoms with van der Waals surface area (Å²) in [4.78, 5) is 15.6. The van der Waals surface area contributed by atoms with Crippen molar-refractivity contribution in [2.75, 3.05) is 12.3 Å². The molecule has 4 heteroatoms. The van der Waals surface area contributed by atoms with E-state index in [1.54, 1.807) is 0 Å². The Morgan fingerprint density at radius 2 is 1.95 bits per heavy atom. The summed E-state index contributed by atoms with van der Waals surface area (Å²) in [7, 11) is 0. The number of nitrogens with one attached hydrogen (secondary N) is 2. The maximum absolute atomic E-state index is 12.1. The van der Waals surface area contributed by atoms with Crippen LogP contribution in [0.2, 0.25) is 0 Å². The van der Waals surface area contributed by atoms with Crippen molar-refractivity contribution >= 4 is 22.5 Å². The van der Waals surface area contributed by atoms with Crippen molar-refractivity contribution in [3.63, 3.8) is 0 Å². The zero-order valence-corrected chi connectivity index (χ0v) is 11.4. The normalized spacial score (nSPS) is 14.0. The molecule has 3 aromatic rings. The lowest BCUT2D eigenvalue weighted by molar-refractivity contribution is 0.0957. The highest BCUT2D eigenvalue weighted by Gasteiger charge is 2.21. The summed E-state index contributed by atoms with van der Waals surface area (Å²) in [6, 6.07) is 13.6. The van der Waals surface area contributed by atoms with E-state index in [1.165, 1.54) is 5.56 Å². The molecule has 1 amide bonds. The Morgan fingerprint density at radius 1 is 1.10 bits per heavy atom. The first-order valence-electron chi connectivity index (χ1n) is 7.02. The van der Waals surface area contributed by atoms with E-state index in [0.717, 1.165) is 39.8 Å².